The van der Waals surface area contributed by atoms with E-state index in [0.29, 0.717) is 24.2 Å². The molecule has 0 bridgehead atoms. The first kappa shape index (κ1) is 12.5. The molecule has 1 amide bonds. The van der Waals surface area contributed by atoms with Crippen molar-refractivity contribution in [1.29, 1.82) is 0 Å². The zero-order valence-electron chi connectivity index (χ0n) is 10.1. The lowest BCUT2D eigenvalue weighted by Gasteiger charge is -2.17. The van der Waals surface area contributed by atoms with Crippen LogP contribution in [0.15, 0.2) is 0 Å². The van der Waals surface area contributed by atoms with Gasteiger partial charge in [-0.25, -0.2) is 0 Å². The van der Waals surface area contributed by atoms with Crippen LogP contribution in [-0.2, 0) is 4.79 Å². The lowest BCUT2D eigenvalue weighted by atomic mass is 9.98. The molecule has 1 aliphatic carbocycles. The Kier molecular flexibility index (Phi) is 4.58. The maximum atomic E-state index is 11.5. The molecule has 3 N–H and O–H groups in total. The van der Waals surface area contributed by atoms with Crippen LogP contribution in [0.5, 0.6) is 0 Å². The van der Waals surface area contributed by atoms with Gasteiger partial charge in [-0.2, -0.15) is 0 Å². The summed E-state index contributed by atoms with van der Waals surface area (Å²) in [4.78, 5) is 11.5. The zero-order valence-corrected chi connectivity index (χ0v) is 10.1. The smallest absolute Gasteiger partial charge is 0.221 e. The fraction of sp³-hybridized carbons (Fsp3) is 0.917. The summed E-state index contributed by atoms with van der Waals surface area (Å²) in [7, 11) is 0. The molecule has 2 atom stereocenters. The average Bonchev–Trinajstić information content (AvgIpc) is 2.96. The maximum Gasteiger partial charge on any atom is 0.221 e. The molecule has 88 valence electrons. The number of hydrogen-bond donors (Lipinski definition) is 2. The van der Waals surface area contributed by atoms with E-state index >= 15 is 0 Å². The predicted octanol–water partition coefficient (Wildman–Crippen LogP) is 1.52. The summed E-state index contributed by atoms with van der Waals surface area (Å²) in [5.74, 6) is 1.87. The van der Waals surface area contributed by atoms with Gasteiger partial charge in [0.05, 0.1) is 0 Å². The van der Waals surface area contributed by atoms with Crippen molar-refractivity contribution in [3.63, 3.8) is 0 Å². The standard InChI is InChI=1S/C12H24N2O/c1-8(2)9(3)7-14-12(15)6-11(13)10-4-5-10/h8-11H,4-7,13H2,1-3H3,(H,14,15). The SMILES string of the molecule is CC(C)C(C)CNC(=O)CC(N)C1CC1. The fourth-order valence-corrected chi connectivity index (χ4v) is 1.49. The normalized spacial score (nSPS) is 20.1. The highest BCUT2D eigenvalue weighted by Gasteiger charge is 2.29. The van der Waals surface area contributed by atoms with E-state index in [1.165, 1.54) is 12.8 Å². The van der Waals surface area contributed by atoms with Gasteiger partial charge >= 0.3 is 0 Å². The second-order valence-electron chi connectivity index (χ2n) is 5.23. The van der Waals surface area contributed by atoms with Crippen LogP contribution >= 0.6 is 0 Å². The number of carbonyl (C=O) groups excluding carboxylic acids is 1. The Labute approximate surface area is 92.8 Å². The van der Waals surface area contributed by atoms with Crippen molar-refractivity contribution in [2.75, 3.05) is 6.54 Å². The van der Waals surface area contributed by atoms with Gasteiger partial charge in [0.15, 0.2) is 0 Å². The van der Waals surface area contributed by atoms with Gasteiger partial charge in [0.1, 0.15) is 0 Å². The molecule has 0 aromatic heterocycles. The second-order valence-corrected chi connectivity index (χ2v) is 5.23. The van der Waals surface area contributed by atoms with Crippen LogP contribution in [-0.4, -0.2) is 18.5 Å². The Bertz CT molecular complexity index is 212. The summed E-state index contributed by atoms with van der Waals surface area (Å²) in [6, 6.07) is 0.0827. The van der Waals surface area contributed by atoms with Gasteiger partial charge in [0.25, 0.3) is 0 Å². The zero-order chi connectivity index (χ0) is 11.4. The third-order valence-corrected chi connectivity index (χ3v) is 3.41. The minimum absolute atomic E-state index is 0.0827. The molecule has 1 saturated carbocycles. The molecule has 1 rings (SSSR count). The van der Waals surface area contributed by atoms with E-state index in [1.807, 2.05) is 0 Å². The van der Waals surface area contributed by atoms with E-state index in [-0.39, 0.29) is 11.9 Å². The van der Waals surface area contributed by atoms with Crippen molar-refractivity contribution in [2.24, 2.45) is 23.5 Å². The van der Waals surface area contributed by atoms with Crippen LogP contribution in [0, 0.1) is 17.8 Å². The van der Waals surface area contributed by atoms with Crippen LogP contribution in [0.3, 0.4) is 0 Å². The summed E-state index contributed by atoms with van der Waals surface area (Å²) >= 11 is 0. The van der Waals surface area contributed by atoms with E-state index in [0.717, 1.165) is 6.54 Å². The number of rotatable bonds is 6. The van der Waals surface area contributed by atoms with Crippen molar-refractivity contribution in [3.8, 4) is 0 Å². The lowest BCUT2D eigenvalue weighted by molar-refractivity contribution is -0.121. The van der Waals surface area contributed by atoms with Crippen molar-refractivity contribution in [1.82, 2.24) is 5.32 Å². The van der Waals surface area contributed by atoms with E-state index in [1.54, 1.807) is 0 Å². The molecule has 3 nitrogen and oxygen atoms in total. The fourth-order valence-electron chi connectivity index (χ4n) is 1.49. The second kappa shape index (κ2) is 5.50. The Morgan fingerprint density at radius 2 is 2.00 bits per heavy atom. The van der Waals surface area contributed by atoms with Gasteiger partial charge in [0, 0.05) is 19.0 Å². The monoisotopic (exact) mass is 212 g/mol. The Hall–Kier alpha value is -0.570. The number of nitrogens with one attached hydrogen (secondary N) is 1. The summed E-state index contributed by atoms with van der Waals surface area (Å²) in [6.07, 6.45) is 2.91. The first-order valence-corrected chi connectivity index (χ1v) is 6.03. The number of nitrogens with two attached hydrogens (primary N) is 1. The molecule has 0 saturated heterocycles. The molecule has 3 heteroatoms. The van der Waals surface area contributed by atoms with Crippen LogP contribution in [0.4, 0.5) is 0 Å². The summed E-state index contributed by atoms with van der Waals surface area (Å²) < 4.78 is 0. The van der Waals surface area contributed by atoms with Crippen LogP contribution in [0.2, 0.25) is 0 Å². The first-order valence-electron chi connectivity index (χ1n) is 6.03. The van der Waals surface area contributed by atoms with Gasteiger partial charge in [-0.3, -0.25) is 4.79 Å². The van der Waals surface area contributed by atoms with Crippen LogP contribution in [0.25, 0.3) is 0 Å². The van der Waals surface area contributed by atoms with Crippen molar-refractivity contribution in [2.45, 2.75) is 46.1 Å². The van der Waals surface area contributed by atoms with Gasteiger partial charge < -0.3 is 11.1 Å². The van der Waals surface area contributed by atoms with Crippen molar-refractivity contribution in [3.05, 3.63) is 0 Å². The highest BCUT2D eigenvalue weighted by Crippen LogP contribution is 2.32. The summed E-state index contributed by atoms with van der Waals surface area (Å²) in [5, 5.41) is 2.96. The Morgan fingerprint density at radius 3 is 2.47 bits per heavy atom. The molecule has 0 heterocycles. The molecule has 2 unspecified atom stereocenters. The molecule has 0 aliphatic heterocycles. The van der Waals surface area contributed by atoms with Gasteiger partial charge in [-0.1, -0.05) is 20.8 Å². The van der Waals surface area contributed by atoms with E-state index in [4.69, 9.17) is 5.73 Å². The van der Waals surface area contributed by atoms with Crippen LogP contribution < -0.4 is 11.1 Å². The Balaban J connectivity index is 2.12. The molecule has 15 heavy (non-hydrogen) atoms. The largest absolute Gasteiger partial charge is 0.356 e. The van der Waals surface area contributed by atoms with E-state index in [9.17, 15) is 4.79 Å². The number of hydrogen-bond acceptors (Lipinski definition) is 2. The third-order valence-electron chi connectivity index (χ3n) is 3.41. The van der Waals surface area contributed by atoms with E-state index in [2.05, 4.69) is 26.1 Å². The molecule has 0 aromatic carbocycles. The third kappa shape index (κ3) is 4.65. The minimum Gasteiger partial charge on any atom is -0.356 e. The summed E-state index contributed by atoms with van der Waals surface area (Å²) in [5.41, 5.74) is 5.89. The first-order chi connectivity index (χ1) is 7.00. The molecule has 0 radical (unpaired) electrons. The molecule has 0 aromatic rings. The average molecular weight is 212 g/mol. The Morgan fingerprint density at radius 1 is 1.40 bits per heavy atom. The number of carbonyl (C=O) groups is 1. The highest BCUT2D eigenvalue weighted by molar-refractivity contribution is 5.76. The van der Waals surface area contributed by atoms with Gasteiger partial charge in [0.2, 0.25) is 5.91 Å². The molecule has 1 fully saturated rings. The molecular formula is C12H24N2O. The van der Waals surface area contributed by atoms with Crippen LogP contribution in [0.1, 0.15) is 40.0 Å². The quantitative estimate of drug-likeness (QED) is 0.701. The maximum absolute atomic E-state index is 11.5. The topological polar surface area (TPSA) is 55.1 Å². The molecule has 1 aliphatic rings. The van der Waals surface area contributed by atoms with Gasteiger partial charge in [-0.05, 0) is 30.6 Å². The summed E-state index contributed by atoms with van der Waals surface area (Å²) in [6.45, 7) is 7.28. The van der Waals surface area contributed by atoms with Crippen molar-refractivity contribution < 1.29 is 4.79 Å². The minimum atomic E-state index is 0.0827. The predicted molar refractivity (Wildman–Crippen MR) is 62.3 cm³/mol. The van der Waals surface area contributed by atoms with Gasteiger partial charge in [-0.15, -0.1) is 0 Å². The van der Waals surface area contributed by atoms with Crippen molar-refractivity contribution >= 4 is 5.91 Å². The highest BCUT2D eigenvalue weighted by atomic mass is 16.1. The molecule has 0 spiro atoms. The molecular weight excluding hydrogens is 188 g/mol. The van der Waals surface area contributed by atoms with E-state index < -0.39 is 0 Å². The lowest BCUT2D eigenvalue weighted by Crippen LogP contribution is -2.35. The number of amides is 1.